The molecular formula is C11H14ClFN2O. The largest absolute Gasteiger partial charge is 0.370 e. The van der Waals surface area contributed by atoms with Gasteiger partial charge in [0.25, 0.3) is 0 Å². The Morgan fingerprint density at radius 2 is 2.31 bits per heavy atom. The van der Waals surface area contributed by atoms with Crippen LogP contribution < -0.4 is 11.1 Å². The fourth-order valence-corrected chi connectivity index (χ4v) is 1.53. The summed E-state index contributed by atoms with van der Waals surface area (Å²) in [7, 11) is 0. The molecule has 0 fully saturated rings. The molecule has 1 aromatic carbocycles. The Bertz CT molecular complexity index is 384. The lowest BCUT2D eigenvalue weighted by Gasteiger charge is -2.12. The summed E-state index contributed by atoms with van der Waals surface area (Å²) in [6.07, 6.45) is 0.224. The zero-order valence-corrected chi connectivity index (χ0v) is 9.72. The van der Waals surface area contributed by atoms with Crippen LogP contribution in [-0.2, 0) is 11.3 Å². The number of rotatable bonds is 5. The minimum Gasteiger partial charge on any atom is -0.370 e. The van der Waals surface area contributed by atoms with E-state index in [1.807, 2.05) is 6.92 Å². The number of hydrogen-bond donors (Lipinski definition) is 2. The minimum atomic E-state index is -0.383. The number of amides is 1. The van der Waals surface area contributed by atoms with Crippen molar-refractivity contribution >= 4 is 17.5 Å². The van der Waals surface area contributed by atoms with Crippen molar-refractivity contribution < 1.29 is 9.18 Å². The number of nitrogens with two attached hydrogens (primary N) is 1. The van der Waals surface area contributed by atoms with E-state index in [1.54, 1.807) is 6.07 Å². The lowest BCUT2D eigenvalue weighted by molar-refractivity contribution is -0.118. The molecule has 0 saturated heterocycles. The summed E-state index contributed by atoms with van der Waals surface area (Å²) in [6.45, 7) is 2.13. The Labute approximate surface area is 98.8 Å². The molecule has 0 saturated carbocycles. The van der Waals surface area contributed by atoms with E-state index < -0.39 is 0 Å². The van der Waals surface area contributed by atoms with Gasteiger partial charge in [0.2, 0.25) is 5.91 Å². The first-order valence-corrected chi connectivity index (χ1v) is 5.32. The Balaban J connectivity index is 2.54. The molecule has 0 radical (unpaired) electrons. The molecule has 0 aliphatic rings. The highest BCUT2D eigenvalue weighted by Gasteiger charge is 2.07. The van der Waals surface area contributed by atoms with Crippen molar-refractivity contribution in [3.63, 3.8) is 0 Å². The maximum atomic E-state index is 13.3. The molecule has 1 rings (SSSR count). The first-order valence-electron chi connectivity index (χ1n) is 4.94. The van der Waals surface area contributed by atoms with Crippen LogP contribution in [0.2, 0.25) is 5.02 Å². The van der Waals surface area contributed by atoms with Crippen molar-refractivity contribution in [3.8, 4) is 0 Å². The Hall–Kier alpha value is -1.13. The number of hydrogen-bond acceptors (Lipinski definition) is 2. The van der Waals surface area contributed by atoms with Crippen molar-refractivity contribution in [1.82, 2.24) is 5.32 Å². The third-order valence-corrected chi connectivity index (χ3v) is 2.39. The zero-order chi connectivity index (χ0) is 12.1. The predicted octanol–water partition coefficient (Wildman–Crippen LogP) is 1.83. The maximum absolute atomic E-state index is 13.3. The number of benzene rings is 1. The van der Waals surface area contributed by atoms with Gasteiger partial charge in [-0.25, -0.2) is 4.39 Å². The average molecular weight is 245 g/mol. The number of carbonyl (C=O) groups excluding carboxylic acids is 1. The fourth-order valence-electron chi connectivity index (χ4n) is 1.34. The number of carbonyl (C=O) groups is 1. The van der Waals surface area contributed by atoms with Gasteiger partial charge in [0, 0.05) is 29.6 Å². The quantitative estimate of drug-likeness (QED) is 0.830. The minimum absolute atomic E-state index is 0.0871. The second kappa shape index (κ2) is 5.82. The smallest absolute Gasteiger partial charge is 0.218 e. The van der Waals surface area contributed by atoms with E-state index in [1.165, 1.54) is 12.1 Å². The maximum Gasteiger partial charge on any atom is 0.218 e. The molecule has 0 aliphatic heterocycles. The van der Waals surface area contributed by atoms with E-state index in [0.717, 1.165) is 0 Å². The molecule has 0 aliphatic carbocycles. The first-order chi connectivity index (χ1) is 7.49. The second-order valence-electron chi connectivity index (χ2n) is 3.69. The molecule has 1 aromatic rings. The molecule has 0 spiro atoms. The van der Waals surface area contributed by atoms with Crippen LogP contribution in [0.5, 0.6) is 0 Å². The molecule has 0 aromatic heterocycles. The summed E-state index contributed by atoms with van der Waals surface area (Å²) in [5, 5.41) is 3.49. The molecule has 3 nitrogen and oxygen atoms in total. The Morgan fingerprint density at radius 3 is 2.94 bits per heavy atom. The first kappa shape index (κ1) is 12.9. The van der Waals surface area contributed by atoms with E-state index in [0.29, 0.717) is 17.1 Å². The van der Waals surface area contributed by atoms with Crippen LogP contribution in [0.25, 0.3) is 0 Å². The van der Waals surface area contributed by atoms with Crippen molar-refractivity contribution in [2.24, 2.45) is 5.73 Å². The van der Waals surface area contributed by atoms with Gasteiger partial charge in [-0.1, -0.05) is 11.6 Å². The van der Waals surface area contributed by atoms with Crippen LogP contribution in [0.1, 0.15) is 18.9 Å². The second-order valence-corrected chi connectivity index (χ2v) is 4.12. The predicted molar refractivity (Wildman–Crippen MR) is 61.5 cm³/mol. The van der Waals surface area contributed by atoms with E-state index >= 15 is 0 Å². The van der Waals surface area contributed by atoms with Gasteiger partial charge >= 0.3 is 0 Å². The third kappa shape index (κ3) is 4.16. The highest BCUT2D eigenvalue weighted by molar-refractivity contribution is 6.30. The number of primary amides is 1. The molecule has 0 heterocycles. The lowest BCUT2D eigenvalue weighted by atomic mass is 10.2. The van der Waals surface area contributed by atoms with Gasteiger partial charge < -0.3 is 11.1 Å². The van der Waals surface area contributed by atoms with Crippen molar-refractivity contribution in [1.29, 1.82) is 0 Å². The molecule has 1 unspecified atom stereocenters. The zero-order valence-electron chi connectivity index (χ0n) is 8.97. The van der Waals surface area contributed by atoms with Gasteiger partial charge in [-0.15, -0.1) is 0 Å². The lowest BCUT2D eigenvalue weighted by Crippen LogP contribution is -2.30. The Morgan fingerprint density at radius 1 is 1.62 bits per heavy atom. The summed E-state index contributed by atoms with van der Waals surface area (Å²) >= 11 is 5.75. The van der Waals surface area contributed by atoms with Crippen LogP contribution in [-0.4, -0.2) is 11.9 Å². The summed E-state index contributed by atoms with van der Waals surface area (Å²) < 4.78 is 13.3. The van der Waals surface area contributed by atoms with Gasteiger partial charge in [0.15, 0.2) is 0 Å². The highest BCUT2D eigenvalue weighted by Crippen LogP contribution is 2.14. The topological polar surface area (TPSA) is 55.1 Å². The van der Waals surface area contributed by atoms with Crippen molar-refractivity contribution in [2.75, 3.05) is 0 Å². The molecule has 1 atom stereocenters. The third-order valence-electron chi connectivity index (χ3n) is 2.16. The van der Waals surface area contributed by atoms with Crippen molar-refractivity contribution in [2.45, 2.75) is 25.9 Å². The normalized spacial score (nSPS) is 12.4. The summed E-state index contributed by atoms with van der Waals surface area (Å²) in [4.78, 5) is 10.6. The molecule has 3 N–H and O–H groups in total. The van der Waals surface area contributed by atoms with Crippen LogP contribution >= 0.6 is 11.6 Å². The van der Waals surface area contributed by atoms with Gasteiger partial charge in [-0.2, -0.15) is 0 Å². The summed E-state index contributed by atoms with van der Waals surface area (Å²) in [6, 6.07) is 4.28. The van der Waals surface area contributed by atoms with Gasteiger partial charge in [0.05, 0.1) is 0 Å². The van der Waals surface area contributed by atoms with Gasteiger partial charge in [0.1, 0.15) is 5.82 Å². The summed E-state index contributed by atoms with van der Waals surface area (Å²) in [5.41, 5.74) is 5.52. The Kier molecular flexibility index (Phi) is 4.71. The van der Waals surface area contributed by atoms with Crippen LogP contribution in [0.15, 0.2) is 18.2 Å². The van der Waals surface area contributed by atoms with Crippen LogP contribution in [0.3, 0.4) is 0 Å². The number of nitrogens with one attached hydrogen (secondary N) is 1. The van der Waals surface area contributed by atoms with E-state index in [-0.39, 0.29) is 24.2 Å². The van der Waals surface area contributed by atoms with E-state index in [4.69, 9.17) is 17.3 Å². The van der Waals surface area contributed by atoms with Crippen LogP contribution in [0.4, 0.5) is 4.39 Å². The standard InChI is InChI=1S/C11H14ClFN2O/c1-7(4-11(14)16)15-6-8-5-9(12)2-3-10(8)13/h2-3,5,7,15H,4,6H2,1H3,(H2,14,16). The van der Waals surface area contributed by atoms with Crippen LogP contribution in [0, 0.1) is 5.82 Å². The van der Waals surface area contributed by atoms with E-state index in [9.17, 15) is 9.18 Å². The fraction of sp³-hybridized carbons (Fsp3) is 0.364. The summed E-state index contributed by atoms with van der Waals surface area (Å²) in [5.74, 6) is -0.699. The molecule has 16 heavy (non-hydrogen) atoms. The molecule has 1 amide bonds. The van der Waals surface area contributed by atoms with Crippen molar-refractivity contribution in [3.05, 3.63) is 34.6 Å². The SMILES string of the molecule is CC(CC(N)=O)NCc1cc(Cl)ccc1F. The average Bonchev–Trinajstić information content (AvgIpc) is 2.18. The number of halogens is 2. The molecule has 0 bridgehead atoms. The highest BCUT2D eigenvalue weighted by atomic mass is 35.5. The monoisotopic (exact) mass is 244 g/mol. The molecular weight excluding hydrogens is 231 g/mol. The molecule has 88 valence electrons. The van der Waals surface area contributed by atoms with E-state index in [2.05, 4.69) is 5.32 Å². The molecule has 5 heteroatoms. The van der Waals surface area contributed by atoms with Gasteiger partial charge in [-0.05, 0) is 25.1 Å². The van der Waals surface area contributed by atoms with Gasteiger partial charge in [-0.3, -0.25) is 4.79 Å².